The van der Waals surface area contributed by atoms with Crippen LogP contribution < -0.4 is 20.3 Å². The molecule has 0 saturated carbocycles. The molecule has 1 aliphatic rings. The Morgan fingerprint density at radius 3 is 2.57 bits per heavy atom. The number of carbonyl (C=O) groups excluding carboxylic acids is 2. The molecule has 0 fully saturated rings. The molecule has 37 heavy (non-hydrogen) atoms. The normalized spacial score (nSPS) is 13.2. The molecule has 0 bridgehead atoms. The maximum Gasteiger partial charge on any atom is 0.429 e. The summed E-state index contributed by atoms with van der Waals surface area (Å²) in [6.07, 6.45) is 5.04. The van der Waals surface area contributed by atoms with Crippen molar-refractivity contribution in [1.82, 2.24) is 14.5 Å². The van der Waals surface area contributed by atoms with Crippen molar-refractivity contribution in [3.8, 4) is 11.5 Å². The Balaban J connectivity index is 1.69. The second-order valence-electron chi connectivity index (χ2n) is 9.88. The first-order valence-electron chi connectivity index (χ1n) is 12.0. The van der Waals surface area contributed by atoms with Crippen LogP contribution in [0.4, 0.5) is 10.5 Å². The third-order valence-electron chi connectivity index (χ3n) is 6.07. The highest BCUT2D eigenvalue weighted by Gasteiger charge is 2.31. The summed E-state index contributed by atoms with van der Waals surface area (Å²) in [4.78, 5) is 32.4. The quantitative estimate of drug-likeness (QED) is 0.294. The number of ether oxygens (including phenoxy) is 3. The lowest BCUT2D eigenvalue weighted by Crippen LogP contribution is -2.44. The molecule has 0 spiro atoms. The molecule has 0 saturated heterocycles. The molecule has 10 nitrogen and oxygen atoms in total. The molecule has 2 N–H and O–H groups in total. The lowest BCUT2D eigenvalue weighted by Gasteiger charge is -2.33. The number of nitrogens with two attached hydrogens (primary N) is 1. The van der Waals surface area contributed by atoms with E-state index in [1.54, 1.807) is 58.5 Å². The zero-order chi connectivity index (χ0) is 26.7. The summed E-state index contributed by atoms with van der Waals surface area (Å²) in [7, 11) is 3.18. The van der Waals surface area contributed by atoms with Crippen molar-refractivity contribution >= 4 is 17.7 Å². The van der Waals surface area contributed by atoms with Crippen molar-refractivity contribution in [3.05, 3.63) is 71.3 Å². The third-order valence-corrected chi connectivity index (χ3v) is 6.07. The summed E-state index contributed by atoms with van der Waals surface area (Å²) < 4.78 is 18.2. The zero-order valence-electron chi connectivity index (χ0n) is 21.9. The van der Waals surface area contributed by atoms with Crippen LogP contribution in [0.3, 0.4) is 0 Å². The summed E-state index contributed by atoms with van der Waals surface area (Å²) in [6.45, 7) is 6.61. The Morgan fingerprint density at radius 1 is 1.14 bits per heavy atom. The van der Waals surface area contributed by atoms with E-state index in [1.807, 2.05) is 35.0 Å². The minimum Gasteiger partial charge on any atom is -0.497 e. The summed E-state index contributed by atoms with van der Waals surface area (Å²) in [5, 5.41) is 0.997. The predicted molar refractivity (Wildman–Crippen MR) is 139 cm³/mol. The molecule has 1 aliphatic heterocycles. The second-order valence-corrected chi connectivity index (χ2v) is 9.88. The van der Waals surface area contributed by atoms with Crippen LogP contribution in [-0.4, -0.2) is 52.8 Å². The first-order valence-corrected chi connectivity index (χ1v) is 12.0. The first-order chi connectivity index (χ1) is 17.6. The lowest BCUT2D eigenvalue weighted by atomic mass is 9.93. The van der Waals surface area contributed by atoms with Crippen molar-refractivity contribution in [2.45, 2.75) is 45.9 Å². The molecule has 4 rings (SSSR count). The molecule has 10 heteroatoms. The van der Waals surface area contributed by atoms with Gasteiger partial charge in [-0.3, -0.25) is 4.79 Å². The van der Waals surface area contributed by atoms with Gasteiger partial charge < -0.3 is 23.7 Å². The second kappa shape index (κ2) is 10.5. The van der Waals surface area contributed by atoms with Crippen molar-refractivity contribution in [1.29, 1.82) is 0 Å². The monoisotopic (exact) mass is 507 g/mol. The van der Waals surface area contributed by atoms with E-state index in [2.05, 4.69) is 4.98 Å². The van der Waals surface area contributed by atoms with Crippen LogP contribution in [0.5, 0.6) is 11.5 Å². The fourth-order valence-corrected chi connectivity index (χ4v) is 4.33. The smallest absolute Gasteiger partial charge is 0.429 e. The van der Waals surface area contributed by atoms with E-state index >= 15 is 0 Å². The molecule has 2 aromatic carbocycles. The molecule has 0 unspecified atom stereocenters. The summed E-state index contributed by atoms with van der Waals surface area (Å²) in [6, 6.07) is 9.23. The number of methoxy groups -OCH3 is 2. The van der Waals surface area contributed by atoms with Crippen LogP contribution in [0, 0.1) is 0 Å². The Labute approximate surface area is 216 Å². The minimum absolute atomic E-state index is 0.148. The number of anilines is 1. The number of imidazole rings is 1. The van der Waals surface area contributed by atoms with E-state index in [1.165, 1.54) is 0 Å². The van der Waals surface area contributed by atoms with Gasteiger partial charge >= 0.3 is 6.09 Å². The Kier molecular flexibility index (Phi) is 7.40. The number of benzene rings is 2. The van der Waals surface area contributed by atoms with Gasteiger partial charge in [-0.1, -0.05) is 0 Å². The van der Waals surface area contributed by atoms with Crippen LogP contribution in [0.2, 0.25) is 0 Å². The van der Waals surface area contributed by atoms with Crippen molar-refractivity contribution in [3.63, 3.8) is 0 Å². The molecular weight excluding hydrogens is 474 g/mol. The molecule has 0 aliphatic carbocycles. The third kappa shape index (κ3) is 5.86. The van der Waals surface area contributed by atoms with Crippen LogP contribution in [0.1, 0.15) is 47.8 Å². The van der Waals surface area contributed by atoms with E-state index in [-0.39, 0.29) is 5.91 Å². The van der Waals surface area contributed by atoms with E-state index < -0.39 is 11.7 Å². The predicted octanol–water partition coefficient (Wildman–Crippen LogP) is 3.76. The number of hydrazine groups is 1. The molecule has 0 radical (unpaired) electrons. The molecule has 2 amide bonds. The molecule has 2 heterocycles. The number of hydrogen-bond donors (Lipinski definition) is 1. The SMILES string of the molecule is COc1ccc(CN2CCc3c(cc(Cn4ccnc4)cc3N(N)C(=O)OC(C)(C)C)C2=O)c(OC)c1. The topological polar surface area (TPSA) is 112 Å². The fourth-order valence-electron chi connectivity index (χ4n) is 4.33. The van der Waals surface area contributed by atoms with Gasteiger partial charge in [0.1, 0.15) is 17.1 Å². The number of carbonyl (C=O) groups is 2. The highest BCUT2D eigenvalue weighted by atomic mass is 16.6. The fraction of sp³-hybridized carbons (Fsp3) is 0.370. The maximum atomic E-state index is 13.7. The van der Waals surface area contributed by atoms with Crippen LogP contribution in [0.15, 0.2) is 49.1 Å². The Hall–Kier alpha value is -4.05. The average Bonchev–Trinajstić information content (AvgIpc) is 3.37. The van der Waals surface area contributed by atoms with Crippen molar-refractivity contribution in [2.24, 2.45) is 5.84 Å². The Bertz CT molecular complexity index is 1280. The first kappa shape index (κ1) is 26.0. The van der Waals surface area contributed by atoms with Crippen LogP contribution >= 0.6 is 0 Å². The minimum atomic E-state index is -0.715. The number of rotatable bonds is 7. The number of hydrogen-bond acceptors (Lipinski definition) is 7. The van der Waals surface area contributed by atoms with Crippen molar-refractivity contribution < 1.29 is 23.8 Å². The molecule has 196 valence electrons. The summed E-state index contributed by atoms with van der Waals surface area (Å²) >= 11 is 0. The van der Waals surface area contributed by atoms with E-state index in [9.17, 15) is 9.59 Å². The highest BCUT2D eigenvalue weighted by Crippen LogP contribution is 2.33. The number of fused-ring (bicyclic) bond motifs is 1. The van der Waals surface area contributed by atoms with Crippen LogP contribution in [-0.2, 0) is 24.2 Å². The van der Waals surface area contributed by atoms with Gasteiger partial charge in [0.15, 0.2) is 0 Å². The Morgan fingerprint density at radius 2 is 1.92 bits per heavy atom. The van der Waals surface area contributed by atoms with E-state index in [4.69, 9.17) is 20.1 Å². The van der Waals surface area contributed by atoms with Gasteiger partial charge in [-0.05, 0) is 62.6 Å². The average molecular weight is 508 g/mol. The van der Waals surface area contributed by atoms with E-state index in [0.29, 0.717) is 54.4 Å². The molecule has 3 aromatic rings. The number of nitrogens with zero attached hydrogens (tertiary/aromatic N) is 4. The highest BCUT2D eigenvalue weighted by molar-refractivity contribution is 6.00. The van der Waals surface area contributed by atoms with Gasteiger partial charge in [-0.2, -0.15) is 0 Å². The zero-order valence-corrected chi connectivity index (χ0v) is 21.9. The van der Waals surface area contributed by atoms with E-state index in [0.717, 1.165) is 16.1 Å². The number of amides is 2. The van der Waals surface area contributed by atoms with Gasteiger partial charge in [0.2, 0.25) is 0 Å². The molecular formula is C27H33N5O5. The van der Waals surface area contributed by atoms with Crippen LogP contribution in [0.25, 0.3) is 0 Å². The van der Waals surface area contributed by atoms with Gasteiger partial charge in [0, 0.05) is 49.2 Å². The largest absolute Gasteiger partial charge is 0.497 e. The molecule has 0 atom stereocenters. The van der Waals surface area contributed by atoms with Gasteiger partial charge in [-0.25, -0.2) is 20.6 Å². The number of aromatic nitrogens is 2. The van der Waals surface area contributed by atoms with Gasteiger partial charge in [0.05, 0.1) is 26.2 Å². The standard InChI is InChI=1S/C27H33N5O5/c1-27(2,3)37-26(34)32(28)23-13-18(15-30-11-9-29-17-30)12-22-21(23)8-10-31(25(22)33)16-19-6-7-20(35-4)14-24(19)36-5/h6-7,9,11-14,17H,8,10,15-16,28H2,1-5H3. The summed E-state index contributed by atoms with van der Waals surface area (Å²) in [5.74, 6) is 7.44. The summed E-state index contributed by atoms with van der Waals surface area (Å²) in [5.41, 5.74) is 2.63. The van der Waals surface area contributed by atoms with Gasteiger partial charge in [0.25, 0.3) is 5.91 Å². The van der Waals surface area contributed by atoms with Gasteiger partial charge in [-0.15, -0.1) is 0 Å². The van der Waals surface area contributed by atoms with Crippen molar-refractivity contribution in [2.75, 3.05) is 25.8 Å². The molecule has 1 aromatic heterocycles. The maximum absolute atomic E-state index is 13.7. The lowest BCUT2D eigenvalue weighted by molar-refractivity contribution is 0.0577.